The first kappa shape index (κ1) is 12.8. The van der Waals surface area contributed by atoms with Gasteiger partial charge in [0.25, 0.3) is 0 Å². The van der Waals surface area contributed by atoms with Gasteiger partial charge in [0.05, 0.1) is 0 Å². The van der Waals surface area contributed by atoms with Crippen LogP contribution in [0.2, 0.25) is 0 Å². The number of nitrogens with zero attached hydrogens (tertiary/aromatic N) is 1. The van der Waals surface area contributed by atoms with E-state index in [9.17, 15) is 0 Å². The van der Waals surface area contributed by atoms with Gasteiger partial charge in [0.15, 0.2) is 0 Å². The standard InChI is InChI=1S/C15H23N/c1-6-9-11-13-12-16(8-3)14(10-7-2)15(13,4)5/h8-12H,3,6-7H2,1-2,4-5H3/b11-9-,14-10-. The van der Waals surface area contributed by atoms with Crippen LogP contribution < -0.4 is 0 Å². The highest BCUT2D eigenvalue weighted by Crippen LogP contribution is 2.43. The van der Waals surface area contributed by atoms with E-state index in [4.69, 9.17) is 0 Å². The fourth-order valence-electron chi connectivity index (χ4n) is 2.05. The van der Waals surface area contributed by atoms with Crippen LogP contribution >= 0.6 is 0 Å². The number of hydrogen-bond acceptors (Lipinski definition) is 1. The smallest absolute Gasteiger partial charge is 0.0313 e. The summed E-state index contributed by atoms with van der Waals surface area (Å²) in [6, 6.07) is 0. The molecule has 88 valence electrons. The fraction of sp³-hybridized carbons (Fsp3) is 0.467. The molecule has 0 spiro atoms. The maximum atomic E-state index is 3.87. The molecule has 1 aliphatic heterocycles. The van der Waals surface area contributed by atoms with Gasteiger partial charge in [0.1, 0.15) is 0 Å². The van der Waals surface area contributed by atoms with Crippen LogP contribution in [0.25, 0.3) is 0 Å². The summed E-state index contributed by atoms with van der Waals surface area (Å²) < 4.78 is 0. The summed E-state index contributed by atoms with van der Waals surface area (Å²) in [4.78, 5) is 2.14. The zero-order chi connectivity index (χ0) is 12.2. The van der Waals surface area contributed by atoms with Crippen molar-refractivity contribution in [3.8, 4) is 0 Å². The Morgan fingerprint density at radius 3 is 2.50 bits per heavy atom. The molecule has 0 unspecified atom stereocenters. The molecular formula is C15H23N. The second-order valence-corrected chi connectivity index (χ2v) is 4.61. The lowest BCUT2D eigenvalue weighted by Gasteiger charge is -2.26. The van der Waals surface area contributed by atoms with E-state index < -0.39 is 0 Å². The molecule has 0 amide bonds. The van der Waals surface area contributed by atoms with Crippen LogP contribution in [0.4, 0.5) is 0 Å². The van der Waals surface area contributed by atoms with Crippen LogP contribution in [0, 0.1) is 5.41 Å². The largest absolute Gasteiger partial charge is 0.327 e. The SMILES string of the molecule is C=CN1C=C(/C=C\CC)C(C)(C)/C1=C/CC. The van der Waals surface area contributed by atoms with Crippen molar-refractivity contribution >= 4 is 0 Å². The summed E-state index contributed by atoms with van der Waals surface area (Å²) in [5.74, 6) is 0. The molecule has 0 saturated heterocycles. The van der Waals surface area contributed by atoms with Crippen molar-refractivity contribution < 1.29 is 0 Å². The topological polar surface area (TPSA) is 3.24 Å². The molecule has 1 aliphatic rings. The van der Waals surface area contributed by atoms with Gasteiger partial charge in [-0.25, -0.2) is 0 Å². The minimum absolute atomic E-state index is 0.0931. The van der Waals surface area contributed by atoms with Crippen LogP contribution in [0.5, 0.6) is 0 Å². The van der Waals surface area contributed by atoms with E-state index in [0.717, 1.165) is 12.8 Å². The first-order valence-corrected chi connectivity index (χ1v) is 6.08. The Bertz CT molecular complexity index is 342. The Labute approximate surface area is 99.8 Å². The minimum Gasteiger partial charge on any atom is -0.327 e. The van der Waals surface area contributed by atoms with Gasteiger partial charge in [-0.15, -0.1) is 0 Å². The molecular weight excluding hydrogens is 194 g/mol. The quantitative estimate of drug-likeness (QED) is 0.664. The number of rotatable bonds is 4. The van der Waals surface area contributed by atoms with Crippen molar-refractivity contribution in [2.75, 3.05) is 0 Å². The van der Waals surface area contributed by atoms with E-state index >= 15 is 0 Å². The molecule has 0 atom stereocenters. The van der Waals surface area contributed by atoms with Gasteiger partial charge in [-0.3, -0.25) is 0 Å². The zero-order valence-electron chi connectivity index (χ0n) is 11.0. The highest BCUT2D eigenvalue weighted by atomic mass is 15.1. The fourth-order valence-corrected chi connectivity index (χ4v) is 2.05. The third kappa shape index (κ3) is 2.29. The molecule has 1 nitrogen and oxygen atoms in total. The highest BCUT2D eigenvalue weighted by molar-refractivity contribution is 5.41. The number of hydrogen-bond donors (Lipinski definition) is 0. The van der Waals surface area contributed by atoms with Gasteiger partial charge in [0, 0.05) is 23.5 Å². The lowest BCUT2D eigenvalue weighted by Crippen LogP contribution is -2.18. The van der Waals surface area contributed by atoms with Crippen LogP contribution in [-0.2, 0) is 0 Å². The van der Waals surface area contributed by atoms with Gasteiger partial charge < -0.3 is 4.90 Å². The minimum atomic E-state index is 0.0931. The Hall–Kier alpha value is -1.24. The second kappa shape index (κ2) is 5.20. The van der Waals surface area contributed by atoms with Gasteiger partial charge in [0.2, 0.25) is 0 Å². The van der Waals surface area contributed by atoms with E-state index in [1.807, 2.05) is 6.20 Å². The predicted molar refractivity (Wildman–Crippen MR) is 71.7 cm³/mol. The third-order valence-electron chi connectivity index (χ3n) is 3.05. The molecule has 0 N–H and O–H groups in total. The van der Waals surface area contributed by atoms with Gasteiger partial charge >= 0.3 is 0 Å². The predicted octanol–water partition coefficient (Wildman–Crippen LogP) is 4.62. The molecule has 1 heteroatoms. The Balaban J connectivity index is 3.08. The normalized spacial score (nSPS) is 21.9. The van der Waals surface area contributed by atoms with E-state index in [1.54, 1.807) is 0 Å². The Morgan fingerprint density at radius 1 is 1.31 bits per heavy atom. The first-order chi connectivity index (χ1) is 7.57. The Morgan fingerprint density at radius 2 is 2.00 bits per heavy atom. The Kier molecular flexibility index (Phi) is 4.17. The van der Waals surface area contributed by atoms with Crippen molar-refractivity contribution in [3.05, 3.63) is 48.5 Å². The van der Waals surface area contributed by atoms with E-state index in [0.29, 0.717) is 0 Å². The van der Waals surface area contributed by atoms with Crippen molar-refractivity contribution in [1.82, 2.24) is 4.90 Å². The first-order valence-electron chi connectivity index (χ1n) is 6.08. The molecule has 16 heavy (non-hydrogen) atoms. The van der Waals surface area contributed by atoms with Crippen LogP contribution in [-0.4, -0.2) is 4.90 Å². The number of allylic oxidation sites excluding steroid dienone is 4. The molecule has 1 rings (SSSR count). The van der Waals surface area contributed by atoms with Gasteiger partial charge in [-0.05, 0) is 18.4 Å². The molecule has 0 bridgehead atoms. The van der Waals surface area contributed by atoms with Crippen LogP contribution in [0.3, 0.4) is 0 Å². The molecule has 0 radical (unpaired) electrons. The summed E-state index contributed by atoms with van der Waals surface area (Å²) in [5, 5.41) is 0. The van der Waals surface area contributed by atoms with Crippen LogP contribution in [0.1, 0.15) is 40.5 Å². The van der Waals surface area contributed by atoms with Gasteiger partial charge in [-0.2, -0.15) is 0 Å². The molecule has 0 aromatic heterocycles. The third-order valence-corrected chi connectivity index (χ3v) is 3.05. The average molecular weight is 217 g/mol. The molecule has 0 fully saturated rings. The monoisotopic (exact) mass is 217 g/mol. The van der Waals surface area contributed by atoms with E-state index in [2.05, 4.69) is 63.6 Å². The average Bonchev–Trinajstić information content (AvgIpc) is 2.49. The van der Waals surface area contributed by atoms with Crippen molar-refractivity contribution in [2.45, 2.75) is 40.5 Å². The van der Waals surface area contributed by atoms with Crippen molar-refractivity contribution in [2.24, 2.45) is 5.41 Å². The van der Waals surface area contributed by atoms with Crippen LogP contribution in [0.15, 0.2) is 48.5 Å². The molecule has 0 aliphatic carbocycles. The summed E-state index contributed by atoms with van der Waals surface area (Å²) >= 11 is 0. The maximum Gasteiger partial charge on any atom is 0.0313 e. The highest BCUT2D eigenvalue weighted by Gasteiger charge is 2.34. The van der Waals surface area contributed by atoms with E-state index in [-0.39, 0.29) is 5.41 Å². The maximum absolute atomic E-state index is 3.87. The molecule has 0 aromatic carbocycles. The van der Waals surface area contributed by atoms with Crippen molar-refractivity contribution in [3.63, 3.8) is 0 Å². The molecule has 0 saturated carbocycles. The summed E-state index contributed by atoms with van der Waals surface area (Å²) in [6.07, 6.45) is 12.9. The zero-order valence-corrected chi connectivity index (χ0v) is 11.0. The van der Waals surface area contributed by atoms with E-state index in [1.165, 1.54) is 11.3 Å². The molecule has 1 heterocycles. The summed E-state index contributed by atoms with van der Waals surface area (Å²) in [5.41, 5.74) is 2.78. The second-order valence-electron chi connectivity index (χ2n) is 4.61. The summed E-state index contributed by atoms with van der Waals surface area (Å²) in [7, 11) is 0. The van der Waals surface area contributed by atoms with Gasteiger partial charge in [-0.1, -0.05) is 52.5 Å². The summed E-state index contributed by atoms with van der Waals surface area (Å²) in [6.45, 7) is 12.7. The van der Waals surface area contributed by atoms with Crippen molar-refractivity contribution in [1.29, 1.82) is 0 Å². The lowest BCUT2D eigenvalue weighted by molar-refractivity contribution is 0.477. The molecule has 0 aromatic rings. The lowest BCUT2D eigenvalue weighted by atomic mass is 9.83.